The lowest BCUT2D eigenvalue weighted by Gasteiger charge is -2.41. The van der Waals surface area contributed by atoms with Crippen molar-refractivity contribution < 1.29 is 4.79 Å². The Balaban J connectivity index is 1.64. The molecule has 2 aliphatic rings. The summed E-state index contributed by atoms with van der Waals surface area (Å²) in [5, 5.41) is 3.91. The van der Waals surface area contributed by atoms with Gasteiger partial charge in [-0.25, -0.2) is 9.78 Å². The second-order valence-corrected chi connectivity index (χ2v) is 9.60. The molecule has 26 heavy (non-hydrogen) atoms. The van der Waals surface area contributed by atoms with Crippen LogP contribution in [0.2, 0.25) is 0 Å². The third kappa shape index (κ3) is 5.45. The van der Waals surface area contributed by atoms with Crippen molar-refractivity contribution >= 4 is 22.5 Å². The summed E-state index contributed by atoms with van der Waals surface area (Å²) in [6.07, 6.45) is 16.5. The Morgan fingerprint density at radius 2 is 1.69 bits per heavy atom. The maximum absolute atomic E-state index is 13.2. The molecule has 0 spiro atoms. The molecule has 2 fully saturated rings. The van der Waals surface area contributed by atoms with Gasteiger partial charge in [0.2, 0.25) is 0 Å². The van der Waals surface area contributed by atoms with Crippen molar-refractivity contribution in [3.63, 3.8) is 0 Å². The molecule has 1 heterocycles. The van der Waals surface area contributed by atoms with Crippen LogP contribution < -0.4 is 5.32 Å². The smallest absolute Gasteiger partial charge is 0.319 e. The number of anilines is 1. The van der Waals surface area contributed by atoms with Gasteiger partial charge in [-0.15, -0.1) is 11.3 Å². The van der Waals surface area contributed by atoms with E-state index < -0.39 is 0 Å². The molecule has 1 aromatic heterocycles. The highest BCUT2D eigenvalue weighted by Gasteiger charge is 2.32. The van der Waals surface area contributed by atoms with Gasteiger partial charge >= 0.3 is 6.03 Å². The summed E-state index contributed by atoms with van der Waals surface area (Å²) in [5.74, 6) is 0.697. The molecule has 1 N–H and O–H groups in total. The zero-order valence-corrected chi connectivity index (χ0v) is 17.3. The molecule has 0 bridgehead atoms. The van der Waals surface area contributed by atoms with E-state index in [2.05, 4.69) is 29.0 Å². The van der Waals surface area contributed by atoms with Crippen LogP contribution in [0.5, 0.6) is 0 Å². The Hall–Kier alpha value is -1.10. The number of hydrogen-bond donors (Lipinski definition) is 1. The fraction of sp³-hybridized carbons (Fsp3) is 0.810. The number of carbonyl (C=O) groups excluding carboxylic acids is 1. The Bertz CT molecular complexity index is 541. The van der Waals surface area contributed by atoms with E-state index in [0.29, 0.717) is 18.0 Å². The number of aryl methyl sites for hydroxylation is 1. The summed E-state index contributed by atoms with van der Waals surface area (Å²) in [6.45, 7) is 4.49. The molecule has 146 valence electrons. The van der Waals surface area contributed by atoms with Crippen molar-refractivity contribution in [2.75, 3.05) is 5.32 Å². The van der Waals surface area contributed by atoms with Gasteiger partial charge in [0.15, 0.2) is 5.13 Å². The predicted octanol–water partition coefficient (Wildman–Crippen LogP) is 6.23. The Morgan fingerprint density at radius 1 is 1.12 bits per heavy atom. The van der Waals surface area contributed by atoms with Gasteiger partial charge in [-0.1, -0.05) is 52.4 Å². The first-order chi connectivity index (χ1) is 12.6. The average Bonchev–Trinajstić information content (AvgIpc) is 3.09. The van der Waals surface area contributed by atoms with E-state index in [9.17, 15) is 4.79 Å². The summed E-state index contributed by atoms with van der Waals surface area (Å²) in [4.78, 5) is 21.1. The van der Waals surface area contributed by atoms with Crippen LogP contribution in [0.1, 0.15) is 89.4 Å². The maximum Gasteiger partial charge on any atom is 0.324 e. The average molecular weight is 378 g/mol. The fourth-order valence-electron chi connectivity index (χ4n) is 4.42. The first-order valence-electron chi connectivity index (χ1n) is 10.7. The molecule has 0 aliphatic heterocycles. The molecule has 3 rings (SSSR count). The first kappa shape index (κ1) is 19.7. The van der Waals surface area contributed by atoms with E-state index in [1.807, 2.05) is 6.20 Å². The van der Waals surface area contributed by atoms with E-state index >= 15 is 0 Å². The van der Waals surface area contributed by atoms with Gasteiger partial charge < -0.3 is 4.90 Å². The summed E-state index contributed by atoms with van der Waals surface area (Å²) in [5.41, 5.74) is 0. The minimum atomic E-state index is 0.0913. The van der Waals surface area contributed by atoms with Gasteiger partial charge in [-0.3, -0.25) is 5.32 Å². The summed E-state index contributed by atoms with van der Waals surface area (Å²) < 4.78 is 0. The molecular weight excluding hydrogens is 342 g/mol. The van der Waals surface area contributed by atoms with Gasteiger partial charge in [0.1, 0.15) is 0 Å². The van der Waals surface area contributed by atoms with Crippen LogP contribution in [0.4, 0.5) is 9.93 Å². The summed E-state index contributed by atoms with van der Waals surface area (Å²) in [6, 6.07) is 0.938. The highest BCUT2D eigenvalue weighted by Crippen LogP contribution is 2.31. The van der Waals surface area contributed by atoms with Crippen LogP contribution in [0.3, 0.4) is 0 Å². The van der Waals surface area contributed by atoms with E-state index in [-0.39, 0.29) is 6.03 Å². The summed E-state index contributed by atoms with van der Waals surface area (Å²) in [7, 11) is 0. The lowest BCUT2D eigenvalue weighted by molar-refractivity contribution is 0.114. The molecule has 0 radical (unpaired) electrons. The van der Waals surface area contributed by atoms with Crippen molar-refractivity contribution in [2.45, 2.75) is 103 Å². The highest BCUT2D eigenvalue weighted by molar-refractivity contribution is 7.15. The second-order valence-electron chi connectivity index (χ2n) is 8.49. The third-order valence-corrected chi connectivity index (χ3v) is 6.88. The van der Waals surface area contributed by atoms with Crippen LogP contribution in [-0.4, -0.2) is 28.0 Å². The van der Waals surface area contributed by atoms with Crippen LogP contribution in [0.25, 0.3) is 0 Å². The van der Waals surface area contributed by atoms with Crippen LogP contribution >= 0.6 is 11.3 Å². The molecule has 5 heteroatoms. The highest BCUT2D eigenvalue weighted by atomic mass is 32.1. The maximum atomic E-state index is 13.2. The van der Waals surface area contributed by atoms with Gasteiger partial charge in [0.05, 0.1) is 0 Å². The topological polar surface area (TPSA) is 45.2 Å². The van der Waals surface area contributed by atoms with E-state index in [1.54, 1.807) is 11.3 Å². The molecule has 2 aliphatic carbocycles. The van der Waals surface area contributed by atoms with Gasteiger partial charge in [0, 0.05) is 23.2 Å². The number of amides is 2. The lowest BCUT2D eigenvalue weighted by Crippen LogP contribution is -2.50. The molecule has 0 saturated heterocycles. The molecule has 1 aromatic rings. The number of thiazole rings is 1. The molecule has 2 amide bonds. The van der Waals surface area contributed by atoms with Crippen LogP contribution in [0, 0.1) is 5.92 Å². The Labute approximate surface area is 162 Å². The second kappa shape index (κ2) is 9.72. The number of urea groups is 1. The van der Waals surface area contributed by atoms with Crippen molar-refractivity contribution in [2.24, 2.45) is 5.92 Å². The molecule has 4 nitrogen and oxygen atoms in total. The lowest BCUT2D eigenvalue weighted by atomic mass is 9.89. The minimum Gasteiger partial charge on any atom is -0.319 e. The fourth-order valence-corrected chi connectivity index (χ4v) is 5.23. The SMILES string of the molecule is CC(C)CCc1cnc(NC(=O)N(C2CCCCC2)C2CCCCC2)s1. The predicted molar refractivity (Wildman–Crippen MR) is 110 cm³/mol. The minimum absolute atomic E-state index is 0.0913. The number of aromatic nitrogens is 1. The first-order valence-corrected chi connectivity index (χ1v) is 11.5. The number of rotatable bonds is 6. The van der Waals surface area contributed by atoms with Gasteiger partial charge in [-0.2, -0.15) is 0 Å². The molecule has 2 saturated carbocycles. The number of carbonyl (C=O) groups is 1. The van der Waals surface area contributed by atoms with E-state index in [1.165, 1.54) is 75.5 Å². The molecule has 0 atom stereocenters. The number of hydrogen-bond acceptors (Lipinski definition) is 3. The third-order valence-electron chi connectivity index (χ3n) is 5.91. The number of nitrogens with one attached hydrogen (secondary N) is 1. The molecule has 0 unspecified atom stereocenters. The Morgan fingerprint density at radius 3 is 2.23 bits per heavy atom. The summed E-state index contributed by atoms with van der Waals surface area (Å²) >= 11 is 1.64. The quantitative estimate of drug-likeness (QED) is 0.638. The van der Waals surface area contributed by atoms with Crippen molar-refractivity contribution in [3.05, 3.63) is 11.1 Å². The zero-order chi connectivity index (χ0) is 18.4. The van der Waals surface area contributed by atoms with Crippen LogP contribution in [-0.2, 0) is 6.42 Å². The largest absolute Gasteiger partial charge is 0.324 e. The Kier molecular flexibility index (Phi) is 7.35. The molecule has 0 aromatic carbocycles. The van der Waals surface area contributed by atoms with E-state index in [0.717, 1.165) is 11.6 Å². The normalized spacial score (nSPS) is 19.7. The number of nitrogens with zero attached hydrogens (tertiary/aromatic N) is 2. The monoisotopic (exact) mass is 377 g/mol. The van der Waals surface area contributed by atoms with Gasteiger partial charge in [-0.05, 0) is 44.4 Å². The van der Waals surface area contributed by atoms with Crippen molar-refractivity contribution in [1.82, 2.24) is 9.88 Å². The van der Waals surface area contributed by atoms with Crippen molar-refractivity contribution in [3.8, 4) is 0 Å². The van der Waals surface area contributed by atoms with Gasteiger partial charge in [0.25, 0.3) is 0 Å². The zero-order valence-electron chi connectivity index (χ0n) is 16.5. The van der Waals surface area contributed by atoms with Crippen LogP contribution in [0.15, 0.2) is 6.20 Å². The van der Waals surface area contributed by atoms with E-state index in [4.69, 9.17) is 0 Å². The van der Waals surface area contributed by atoms with Crippen molar-refractivity contribution in [1.29, 1.82) is 0 Å². The standard InChI is InChI=1S/C21H35N3OS/c1-16(2)13-14-19-15-22-20(26-19)23-21(25)24(17-9-5-3-6-10-17)18-11-7-4-8-12-18/h15-18H,3-14H2,1-2H3,(H,22,23,25). The molecular formula is C21H35N3OS.